The summed E-state index contributed by atoms with van der Waals surface area (Å²) in [5, 5.41) is 0. The van der Waals surface area contributed by atoms with Crippen LogP contribution in [0.3, 0.4) is 0 Å². The highest BCUT2D eigenvalue weighted by atomic mass is 19.1. The van der Waals surface area contributed by atoms with Crippen molar-refractivity contribution >= 4 is 0 Å². The minimum absolute atomic E-state index is 0.127. The molecule has 9 heavy (non-hydrogen) atoms. The minimum Gasteiger partial charge on any atom is -0.255 e. The second-order valence-corrected chi connectivity index (χ2v) is 1.57. The second-order valence-electron chi connectivity index (χ2n) is 1.57. The molecule has 0 radical (unpaired) electrons. The zero-order chi connectivity index (χ0) is 6.69. The topological polar surface area (TPSA) is 12.9 Å². The lowest BCUT2D eigenvalue weighted by atomic mass is 10.4. The van der Waals surface area contributed by atoms with Crippen LogP contribution in [-0.2, 0) is 6.67 Å². The molecule has 0 amide bonds. The van der Waals surface area contributed by atoms with Crippen molar-refractivity contribution in [3.8, 4) is 0 Å². The molecule has 0 aliphatic carbocycles. The second kappa shape index (κ2) is 2.53. The summed E-state index contributed by atoms with van der Waals surface area (Å²) >= 11 is 0. The number of hydrogen-bond acceptors (Lipinski definition) is 1. The molecule has 48 valence electrons. The Bertz CT molecular complexity index is 200. The van der Waals surface area contributed by atoms with Crippen molar-refractivity contribution in [3.63, 3.8) is 0 Å². The Morgan fingerprint density at radius 3 is 2.78 bits per heavy atom. The van der Waals surface area contributed by atoms with E-state index in [1.54, 1.807) is 0 Å². The fraction of sp³-hybridized carbons (Fsp3) is 0.167. The fourth-order valence-corrected chi connectivity index (χ4v) is 0.517. The Morgan fingerprint density at radius 1 is 1.56 bits per heavy atom. The van der Waals surface area contributed by atoms with Crippen molar-refractivity contribution in [1.82, 2.24) is 4.98 Å². The number of rotatable bonds is 1. The SMILES string of the molecule is FCc1ncccc1F. The first-order chi connectivity index (χ1) is 4.34. The van der Waals surface area contributed by atoms with E-state index in [0.717, 1.165) is 0 Å². The number of hydrogen-bond donors (Lipinski definition) is 0. The van der Waals surface area contributed by atoms with E-state index in [1.165, 1.54) is 18.3 Å². The van der Waals surface area contributed by atoms with Crippen molar-refractivity contribution in [2.24, 2.45) is 0 Å². The Kier molecular flexibility index (Phi) is 1.72. The largest absolute Gasteiger partial charge is 0.255 e. The maximum atomic E-state index is 12.3. The molecule has 0 N–H and O–H groups in total. The number of alkyl halides is 1. The summed E-state index contributed by atoms with van der Waals surface area (Å²) in [6, 6.07) is 2.61. The van der Waals surface area contributed by atoms with Gasteiger partial charge in [-0.2, -0.15) is 0 Å². The van der Waals surface area contributed by atoms with Gasteiger partial charge >= 0.3 is 0 Å². The van der Waals surface area contributed by atoms with Gasteiger partial charge in [0.25, 0.3) is 0 Å². The Balaban J connectivity index is 3.01. The van der Waals surface area contributed by atoms with Gasteiger partial charge in [-0.3, -0.25) is 4.98 Å². The van der Waals surface area contributed by atoms with Crippen LogP contribution in [0.1, 0.15) is 5.69 Å². The zero-order valence-corrected chi connectivity index (χ0v) is 4.64. The molecule has 1 heterocycles. The van der Waals surface area contributed by atoms with Crippen LogP contribution in [-0.4, -0.2) is 4.98 Å². The van der Waals surface area contributed by atoms with E-state index in [9.17, 15) is 8.78 Å². The van der Waals surface area contributed by atoms with E-state index in [2.05, 4.69) is 4.98 Å². The average molecular weight is 129 g/mol. The number of halogens is 2. The van der Waals surface area contributed by atoms with Crippen molar-refractivity contribution in [1.29, 1.82) is 0 Å². The summed E-state index contributed by atoms with van der Waals surface area (Å²) in [5.41, 5.74) is -0.127. The normalized spacial score (nSPS) is 9.56. The van der Waals surface area contributed by atoms with Crippen molar-refractivity contribution < 1.29 is 8.78 Å². The van der Waals surface area contributed by atoms with Gasteiger partial charge in [-0.1, -0.05) is 0 Å². The van der Waals surface area contributed by atoms with Gasteiger partial charge in [-0.05, 0) is 12.1 Å². The van der Waals surface area contributed by atoms with Gasteiger partial charge in [-0.15, -0.1) is 0 Å². The van der Waals surface area contributed by atoms with E-state index < -0.39 is 12.5 Å². The van der Waals surface area contributed by atoms with Gasteiger partial charge in [0.15, 0.2) is 0 Å². The molecule has 0 spiro atoms. The molecule has 0 bridgehead atoms. The lowest BCUT2D eigenvalue weighted by Gasteiger charge is -1.91. The molecule has 0 unspecified atom stereocenters. The maximum Gasteiger partial charge on any atom is 0.147 e. The molecule has 1 nitrogen and oxygen atoms in total. The summed E-state index contributed by atoms with van der Waals surface area (Å²) in [6.45, 7) is -0.841. The molecule has 0 fully saturated rings. The van der Waals surface area contributed by atoms with E-state index in [1.807, 2.05) is 0 Å². The molecule has 1 aromatic rings. The van der Waals surface area contributed by atoms with Gasteiger partial charge in [0.05, 0.1) is 0 Å². The fourth-order valence-electron chi connectivity index (χ4n) is 0.517. The van der Waals surface area contributed by atoms with E-state index >= 15 is 0 Å². The molecule has 1 rings (SSSR count). The molecule has 0 saturated heterocycles. The Morgan fingerprint density at radius 2 is 2.33 bits per heavy atom. The Labute approximate surface area is 51.3 Å². The van der Waals surface area contributed by atoms with Crippen LogP contribution in [0.5, 0.6) is 0 Å². The smallest absolute Gasteiger partial charge is 0.147 e. The van der Waals surface area contributed by atoms with Crippen LogP contribution < -0.4 is 0 Å². The highest BCUT2D eigenvalue weighted by Gasteiger charge is 1.98. The van der Waals surface area contributed by atoms with Crippen LogP contribution in [0.4, 0.5) is 8.78 Å². The predicted octanol–water partition coefficient (Wildman–Crippen LogP) is 1.69. The molecule has 0 atom stereocenters. The summed E-state index contributed by atoms with van der Waals surface area (Å²) < 4.78 is 24.0. The first kappa shape index (κ1) is 6.13. The molecule has 3 heteroatoms. The third-order valence-electron chi connectivity index (χ3n) is 0.961. The molecule has 0 aliphatic heterocycles. The van der Waals surface area contributed by atoms with Gasteiger partial charge in [-0.25, -0.2) is 8.78 Å². The highest BCUT2D eigenvalue weighted by Crippen LogP contribution is 2.02. The van der Waals surface area contributed by atoms with Crippen LogP contribution >= 0.6 is 0 Å². The Hall–Kier alpha value is -0.990. The van der Waals surface area contributed by atoms with Crippen molar-refractivity contribution in [3.05, 3.63) is 29.8 Å². The highest BCUT2D eigenvalue weighted by molar-refractivity contribution is 5.05. The molecule has 1 aromatic heterocycles. The third-order valence-corrected chi connectivity index (χ3v) is 0.961. The average Bonchev–Trinajstić information content (AvgIpc) is 1.89. The molecular formula is C6H5F2N. The minimum atomic E-state index is -0.841. The summed E-state index contributed by atoms with van der Waals surface area (Å²) in [5.74, 6) is -0.583. The summed E-state index contributed by atoms with van der Waals surface area (Å²) in [4.78, 5) is 3.45. The lowest BCUT2D eigenvalue weighted by molar-refractivity contribution is 0.452. The van der Waals surface area contributed by atoms with E-state index in [4.69, 9.17) is 0 Å². The predicted molar refractivity (Wildman–Crippen MR) is 29.0 cm³/mol. The van der Waals surface area contributed by atoms with Crippen LogP contribution in [0, 0.1) is 5.82 Å². The first-order valence-corrected chi connectivity index (χ1v) is 2.50. The molecule has 0 aromatic carbocycles. The first-order valence-electron chi connectivity index (χ1n) is 2.50. The van der Waals surface area contributed by atoms with Crippen molar-refractivity contribution in [2.75, 3.05) is 0 Å². The van der Waals surface area contributed by atoms with Gasteiger partial charge < -0.3 is 0 Å². The van der Waals surface area contributed by atoms with Crippen LogP contribution in [0.2, 0.25) is 0 Å². The van der Waals surface area contributed by atoms with E-state index in [-0.39, 0.29) is 5.69 Å². The lowest BCUT2D eigenvalue weighted by Crippen LogP contribution is -1.88. The monoisotopic (exact) mass is 129 g/mol. The van der Waals surface area contributed by atoms with Gasteiger partial charge in [0, 0.05) is 6.20 Å². The van der Waals surface area contributed by atoms with Gasteiger partial charge in [0.2, 0.25) is 0 Å². The van der Waals surface area contributed by atoms with Gasteiger partial charge in [0.1, 0.15) is 18.2 Å². The number of aromatic nitrogens is 1. The molecule has 0 aliphatic rings. The number of pyridine rings is 1. The van der Waals surface area contributed by atoms with Crippen LogP contribution in [0.25, 0.3) is 0 Å². The van der Waals surface area contributed by atoms with Crippen molar-refractivity contribution in [2.45, 2.75) is 6.67 Å². The quantitative estimate of drug-likeness (QED) is 0.562. The zero-order valence-electron chi connectivity index (χ0n) is 4.64. The van der Waals surface area contributed by atoms with E-state index in [0.29, 0.717) is 0 Å². The maximum absolute atomic E-state index is 12.3. The molecular weight excluding hydrogens is 124 g/mol. The molecule has 0 saturated carbocycles. The summed E-state index contributed by atoms with van der Waals surface area (Å²) in [7, 11) is 0. The number of nitrogens with zero attached hydrogens (tertiary/aromatic N) is 1. The standard InChI is InChI=1S/C6H5F2N/c7-4-6-5(8)2-1-3-9-6/h1-3H,4H2. The summed E-state index contributed by atoms with van der Waals surface area (Å²) in [6.07, 6.45) is 1.36. The van der Waals surface area contributed by atoms with Crippen LogP contribution in [0.15, 0.2) is 18.3 Å². The third kappa shape index (κ3) is 1.22.